The Labute approximate surface area is 239 Å². The molecule has 2 heterocycles. The second kappa shape index (κ2) is 12.5. The van der Waals surface area contributed by atoms with E-state index < -0.39 is 0 Å². The number of carbonyl (C=O) groups is 1. The molecular weight excluding hydrogens is 526 g/mol. The van der Waals surface area contributed by atoms with Crippen molar-refractivity contribution in [1.29, 1.82) is 0 Å². The van der Waals surface area contributed by atoms with Crippen LogP contribution in [0.25, 0.3) is 11.3 Å². The Hall–Kier alpha value is -3.55. The molecule has 0 N–H and O–H groups in total. The van der Waals surface area contributed by atoms with E-state index in [2.05, 4.69) is 34.1 Å². The van der Waals surface area contributed by atoms with Crippen LogP contribution in [-0.2, 0) is 5.75 Å². The first-order valence-electron chi connectivity index (χ1n) is 13.2. The third kappa shape index (κ3) is 6.54. The topological polar surface area (TPSA) is 52.6 Å². The molecular formula is C31H32ClN5OS. The fraction of sp³-hybridized carbons (Fsp3) is 0.258. The first kappa shape index (κ1) is 27.0. The monoisotopic (exact) mass is 557 g/mol. The van der Waals surface area contributed by atoms with Gasteiger partial charge in [-0.3, -0.25) is 4.79 Å². The Bertz CT molecular complexity index is 1410. The van der Waals surface area contributed by atoms with Crippen molar-refractivity contribution in [3.63, 3.8) is 0 Å². The van der Waals surface area contributed by atoms with Gasteiger partial charge >= 0.3 is 0 Å². The van der Waals surface area contributed by atoms with E-state index in [-0.39, 0.29) is 5.91 Å². The van der Waals surface area contributed by atoms with Crippen LogP contribution in [0.15, 0.2) is 90.1 Å². The predicted molar refractivity (Wildman–Crippen MR) is 162 cm³/mol. The second-order valence-corrected chi connectivity index (χ2v) is 10.8. The van der Waals surface area contributed by atoms with Crippen molar-refractivity contribution < 1.29 is 4.79 Å². The summed E-state index contributed by atoms with van der Waals surface area (Å²) >= 11 is 8.07. The summed E-state index contributed by atoms with van der Waals surface area (Å²) in [6.07, 6.45) is 0. The first-order chi connectivity index (χ1) is 19.0. The third-order valence-corrected chi connectivity index (χ3v) is 8.19. The number of hydrogen-bond acceptors (Lipinski definition) is 6. The summed E-state index contributed by atoms with van der Waals surface area (Å²) in [5.74, 6) is 1.69. The number of halogens is 1. The Morgan fingerprint density at radius 2 is 1.56 bits per heavy atom. The summed E-state index contributed by atoms with van der Waals surface area (Å²) in [4.78, 5) is 28.7. The molecule has 1 fully saturated rings. The zero-order valence-corrected chi connectivity index (χ0v) is 23.8. The Morgan fingerprint density at radius 1 is 0.897 bits per heavy atom. The predicted octanol–water partition coefficient (Wildman–Crippen LogP) is 6.51. The zero-order valence-electron chi connectivity index (χ0n) is 22.3. The van der Waals surface area contributed by atoms with Gasteiger partial charge in [0.15, 0.2) is 5.16 Å². The van der Waals surface area contributed by atoms with Crippen molar-refractivity contribution in [2.45, 2.75) is 17.8 Å². The molecule has 3 aromatic carbocycles. The minimum Gasteiger partial charge on any atom is -0.367 e. The van der Waals surface area contributed by atoms with Crippen molar-refractivity contribution in [3.05, 3.63) is 101 Å². The normalized spacial score (nSPS) is 13.4. The lowest BCUT2D eigenvalue weighted by Gasteiger charge is -2.37. The van der Waals surface area contributed by atoms with Crippen molar-refractivity contribution in [2.75, 3.05) is 49.6 Å². The van der Waals surface area contributed by atoms with Gasteiger partial charge in [0.05, 0.1) is 16.4 Å². The van der Waals surface area contributed by atoms with Gasteiger partial charge in [0.25, 0.3) is 5.91 Å². The molecule has 4 aromatic rings. The highest BCUT2D eigenvalue weighted by Crippen LogP contribution is 2.30. The largest absolute Gasteiger partial charge is 0.367 e. The van der Waals surface area contributed by atoms with Gasteiger partial charge in [0.2, 0.25) is 0 Å². The molecule has 1 amide bonds. The van der Waals surface area contributed by atoms with Crippen LogP contribution in [0.4, 0.5) is 11.5 Å². The molecule has 0 unspecified atom stereocenters. The highest BCUT2D eigenvalue weighted by Gasteiger charge is 2.21. The van der Waals surface area contributed by atoms with E-state index in [0.29, 0.717) is 12.1 Å². The number of para-hydroxylation sites is 1. The maximum absolute atomic E-state index is 12.4. The number of piperazine rings is 1. The molecule has 39 heavy (non-hydrogen) atoms. The lowest BCUT2D eigenvalue weighted by molar-refractivity contribution is 0.0802. The second-order valence-electron chi connectivity index (χ2n) is 9.49. The summed E-state index contributed by atoms with van der Waals surface area (Å²) in [6.45, 7) is 6.09. The number of thioether (sulfide) groups is 1. The van der Waals surface area contributed by atoms with E-state index in [1.54, 1.807) is 16.7 Å². The molecule has 1 aromatic heterocycles. The Morgan fingerprint density at radius 3 is 2.26 bits per heavy atom. The maximum atomic E-state index is 12.4. The number of benzene rings is 3. The molecule has 0 aliphatic carbocycles. The first-order valence-corrected chi connectivity index (χ1v) is 14.5. The number of anilines is 2. The molecule has 5 rings (SSSR count). The van der Waals surface area contributed by atoms with Gasteiger partial charge in [-0.2, -0.15) is 0 Å². The van der Waals surface area contributed by atoms with Gasteiger partial charge in [-0.05, 0) is 36.8 Å². The molecule has 0 atom stereocenters. The van der Waals surface area contributed by atoms with Crippen LogP contribution < -0.4 is 9.80 Å². The fourth-order valence-electron chi connectivity index (χ4n) is 4.54. The van der Waals surface area contributed by atoms with Gasteiger partial charge in [-0.25, -0.2) is 9.97 Å². The quantitative estimate of drug-likeness (QED) is 0.182. The summed E-state index contributed by atoms with van der Waals surface area (Å²) in [5, 5.41) is 1.53. The van der Waals surface area contributed by atoms with Crippen molar-refractivity contribution in [3.8, 4) is 11.3 Å². The molecule has 8 heteroatoms. The number of amides is 1. The minimum atomic E-state index is 0.0369. The van der Waals surface area contributed by atoms with E-state index in [9.17, 15) is 4.79 Å². The summed E-state index contributed by atoms with van der Waals surface area (Å²) in [7, 11) is 1.82. The van der Waals surface area contributed by atoms with Gasteiger partial charge in [0, 0.05) is 62.7 Å². The molecule has 0 spiro atoms. The molecule has 200 valence electrons. The van der Waals surface area contributed by atoms with Gasteiger partial charge < -0.3 is 14.7 Å². The van der Waals surface area contributed by atoms with Crippen LogP contribution in [0.5, 0.6) is 0 Å². The summed E-state index contributed by atoms with van der Waals surface area (Å²) in [5.41, 5.74) is 4.89. The Balaban J connectivity index is 1.33. The smallest absolute Gasteiger partial charge is 0.253 e. The molecule has 1 aliphatic heterocycles. The SMILES string of the molecule is CCN(C)C(=O)c1ccc(CSc2nc(-c3ccccc3)cc(N3CCN(c4ccccc4Cl)CC3)n2)cc1. The molecule has 0 bridgehead atoms. The number of carbonyl (C=O) groups excluding carboxylic acids is 1. The lowest BCUT2D eigenvalue weighted by Crippen LogP contribution is -2.47. The number of aromatic nitrogens is 2. The number of rotatable bonds is 8. The van der Waals surface area contributed by atoms with E-state index in [0.717, 1.165) is 70.4 Å². The van der Waals surface area contributed by atoms with Crippen LogP contribution in [0.1, 0.15) is 22.8 Å². The van der Waals surface area contributed by atoms with Crippen molar-refractivity contribution in [2.24, 2.45) is 0 Å². The van der Waals surface area contributed by atoms with Crippen molar-refractivity contribution in [1.82, 2.24) is 14.9 Å². The van der Waals surface area contributed by atoms with Gasteiger partial charge in [0.1, 0.15) is 5.82 Å². The molecule has 0 saturated carbocycles. The summed E-state index contributed by atoms with van der Waals surface area (Å²) < 4.78 is 0. The maximum Gasteiger partial charge on any atom is 0.253 e. The lowest BCUT2D eigenvalue weighted by atomic mass is 10.1. The molecule has 0 radical (unpaired) electrons. The zero-order chi connectivity index (χ0) is 27.2. The third-order valence-electron chi connectivity index (χ3n) is 6.95. The van der Waals surface area contributed by atoms with Crippen LogP contribution >= 0.6 is 23.4 Å². The van der Waals surface area contributed by atoms with Crippen LogP contribution in [-0.4, -0.2) is 60.5 Å². The summed E-state index contributed by atoms with van der Waals surface area (Å²) in [6, 6.07) is 28.2. The highest BCUT2D eigenvalue weighted by atomic mass is 35.5. The average molecular weight is 558 g/mol. The molecule has 6 nitrogen and oxygen atoms in total. The van der Waals surface area contributed by atoms with Gasteiger partial charge in [-0.15, -0.1) is 0 Å². The number of nitrogens with zero attached hydrogens (tertiary/aromatic N) is 5. The minimum absolute atomic E-state index is 0.0369. The van der Waals surface area contributed by atoms with E-state index in [1.807, 2.05) is 74.6 Å². The number of hydrogen-bond donors (Lipinski definition) is 0. The van der Waals surface area contributed by atoms with E-state index in [4.69, 9.17) is 21.6 Å². The molecule has 1 saturated heterocycles. The van der Waals surface area contributed by atoms with E-state index in [1.165, 1.54) is 0 Å². The highest BCUT2D eigenvalue weighted by molar-refractivity contribution is 7.98. The molecule has 1 aliphatic rings. The van der Waals surface area contributed by atoms with Crippen LogP contribution in [0.2, 0.25) is 5.02 Å². The van der Waals surface area contributed by atoms with Gasteiger partial charge in [-0.1, -0.05) is 78.0 Å². The van der Waals surface area contributed by atoms with Crippen LogP contribution in [0.3, 0.4) is 0 Å². The standard InChI is InChI=1S/C31H32ClN5OS/c1-3-35(2)30(38)25-15-13-23(14-16-25)22-39-31-33-27(24-9-5-4-6-10-24)21-29(34-31)37-19-17-36(18-20-37)28-12-8-7-11-26(28)32/h4-16,21H,3,17-20,22H2,1-2H3. The Kier molecular flexibility index (Phi) is 8.69. The fourth-order valence-corrected chi connectivity index (χ4v) is 5.60. The van der Waals surface area contributed by atoms with Crippen LogP contribution in [0, 0.1) is 0 Å². The average Bonchev–Trinajstić information content (AvgIpc) is 3.00. The van der Waals surface area contributed by atoms with Crippen molar-refractivity contribution >= 4 is 40.8 Å². The van der Waals surface area contributed by atoms with E-state index >= 15 is 0 Å².